The van der Waals surface area contributed by atoms with Gasteiger partial charge in [-0.05, 0) is 24.8 Å². The van der Waals surface area contributed by atoms with E-state index in [1.54, 1.807) is 0 Å². The third-order valence-corrected chi connectivity index (χ3v) is 4.31. The molecule has 126 valence electrons. The molecule has 0 heterocycles. The van der Waals surface area contributed by atoms with E-state index in [9.17, 15) is 14.4 Å². The second-order valence-corrected chi connectivity index (χ2v) is 6.60. The molecule has 6 heteroatoms. The van der Waals surface area contributed by atoms with Crippen LogP contribution in [0.4, 0.5) is 0 Å². The largest absolute Gasteiger partial charge is 0.370 e. The Morgan fingerprint density at radius 1 is 1.17 bits per heavy atom. The number of rotatable bonds is 10. The predicted molar refractivity (Wildman–Crippen MR) is 92.8 cm³/mol. The zero-order chi connectivity index (χ0) is 17.1. The Hall–Kier alpha value is -1.82. The molecule has 0 spiro atoms. The van der Waals surface area contributed by atoms with Crippen LogP contribution in [-0.4, -0.2) is 29.2 Å². The molecule has 0 radical (unpaired) electrons. The quantitative estimate of drug-likeness (QED) is 0.639. The third kappa shape index (κ3) is 9.03. The molecule has 0 aliphatic carbocycles. The van der Waals surface area contributed by atoms with E-state index in [0.717, 1.165) is 5.56 Å². The first-order valence-corrected chi connectivity index (χ1v) is 8.71. The van der Waals surface area contributed by atoms with Gasteiger partial charge in [-0.15, -0.1) is 0 Å². The molecule has 0 bridgehead atoms. The van der Waals surface area contributed by atoms with Crippen molar-refractivity contribution in [2.75, 3.05) is 12.3 Å². The highest BCUT2D eigenvalue weighted by molar-refractivity contribution is 8.13. The molecule has 1 aromatic rings. The Bertz CT molecular complexity index is 520. The fourth-order valence-electron chi connectivity index (χ4n) is 2.12. The van der Waals surface area contributed by atoms with E-state index in [4.69, 9.17) is 5.73 Å². The fourth-order valence-corrected chi connectivity index (χ4v) is 2.83. The first-order valence-electron chi connectivity index (χ1n) is 7.72. The number of benzene rings is 1. The molecule has 0 fully saturated rings. The summed E-state index contributed by atoms with van der Waals surface area (Å²) in [5, 5.41) is 2.90. The van der Waals surface area contributed by atoms with Crippen LogP contribution in [0.25, 0.3) is 0 Å². The van der Waals surface area contributed by atoms with Gasteiger partial charge in [-0.3, -0.25) is 14.4 Å². The smallest absolute Gasteiger partial charge is 0.224 e. The van der Waals surface area contributed by atoms with Crippen molar-refractivity contribution in [1.29, 1.82) is 0 Å². The summed E-state index contributed by atoms with van der Waals surface area (Å²) in [7, 11) is 0. The third-order valence-electron chi connectivity index (χ3n) is 3.33. The molecule has 1 aromatic carbocycles. The number of thioether (sulfide) groups is 1. The second-order valence-electron chi connectivity index (χ2n) is 5.40. The molecule has 0 aromatic heterocycles. The Balaban J connectivity index is 2.48. The minimum atomic E-state index is -0.323. The average molecular weight is 336 g/mol. The number of hydrogen-bond acceptors (Lipinski definition) is 4. The van der Waals surface area contributed by atoms with Crippen LogP contribution in [0.15, 0.2) is 30.3 Å². The van der Waals surface area contributed by atoms with E-state index in [0.29, 0.717) is 38.0 Å². The van der Waals surface area contributed by atoms with Crippen molar-refractivity contribution in [3.8, 4) is 0 Å². The van der Waals surface area contributed by atoms with Gasteiger partial charge in [0.25, 0.3) is 0 Å². The van der Waals surface area contributed by atoms with Crippen LogP contribution in [0.3, 0.4) is 0 Å². The number of primary amides is 1. The number of unbranched alkanes of at least 4 members (excludes halogenated alkanes) is 1. The highest BCUT2D eigenvalue weighted by Gasteiger charge is 2.19. The van der Waals surface area contributed by atoms with Crippen LogP contribution in [0.2, 0.25) is 0 Å². The minimum absolute atomic E-state index is 0.0114. The van der Waals surface area contributed by atoms with E-state index < -0.39 is 0 Å². The van der Waals surface area contributed by atoms with Crippen molar-refractivity contribution >= 4 is 28.7 Å². The number of nitrogens with one attached hydrogen (secondary N) is 1. The molecule has 0 saturated carbocycles. The van der Waals surface area contributed by atoms with Crippen LogP contribution < -0.4 is 11.1 Å². The lowest BCUT2D eigenvalue weighted by atomic mass is 10.00. The zero-order valence-electron chi connectivity index (χ0n) is 13.4. The monoisotopic (exact) mass is 336 g/mol. The Morgan fingerprint density at radius 3 is 2.48 bits per heavy atom. The van der Waals surface area contributed by atoms with E-state index in [1.807, 2.05) is 30.3 Å². The molecule has 0 aliphatic rings. The lowest BCUT2D eigenvalue weighted by Gasteiger charge is -2.16. The molecule has 2 amide bonds. The number of amides is 2. The standard InChI is InChI=1S/C17H24N2O3S/c1-13(20)23-12-15(11-14-7-3-2-4-8-14)17(22)19-10-6-5-9-16(18)21/h2-4,7-8,15H,5-6,9-12H2,1H3,(H2,18,21)(H,19,22). The summed E-state index contributed by atoms with van der Waals surface area (Å²) in [6.45, 7) is 2.02. The van der Waals surface area contributed by atoms with Crippen molar-refractivity contribution in [2.45, 2.75) is 32.6 Å². The highest BCUT2D eigenvalue weighted by Crippen LogP contribution is 2.16. The van der Waals surface area contributed by atoms with Gasteiger partial charge in [0.1, 0.15) is 0 Å². The molecule has 3 N–H and O–H groups in total. The number of carbonyl (C=O) groups is 3. The summed E-state index contributed by atoms with van der Waals surface area (Å²) in [6.07, 6.45) is 2.32. The molecular weight excluding hydrogens is 312 g/mol. The van der Waals surface area contributed by atoms with Gasteiger partial charge in [0.15, 0.2) is 5.12 Å². The average Bonchev–Trinajstić information content (AvgIpc) is 2.51. The molecule has 1 unspecified atom stereocenters. The highest BCUT2D eigenvalue weighted by atomic mass is 32.2. The molecule has 1 atom stereocenters. The Kier molecular flexibility index (Phi) is 9.05. The summed E-state index contributed by atoms with van der Waals surface area (Å²) < 4.78 is 0. The van der Waals surface area contributed by atoms with Crippen molar-refractivity contribution in [3.63, 3.8) is 0 Å². The maximum absolute atomic E-state index is 12.3. The first kappa shape index (κ1) is 19.2. The van der Waals surface area contributed by atoms with Crippen LogP contribution >= 0.6 is 11.8 Å². The van der Waals surface area contributed by atoms with E-state index >= 15 is 0 Å². The number of hydrogen-bond donors (Lipinski definition) is 2. The van der Waals surface area contributed by atoms with Crippen molar-refractivity contribution in [1.82, 2.24) is 5.32 Å². The Morgan fingerprint density at radius 2 is 1.87 bits per heavy atom. The van der Waals surface area contributed by atoms with Gasteiger partial charge in [-0.1, -0.05) is 42.1 Å². The molecule has 23 heavy (non-hydrogen) atoms. The van der Waals surface area contributed by atoms with Crippen molar-refractivity contribution < 1.29 is 14.4 Å². The van der Waals surface area contributed by atoms with Gasteiger partial charge < -0.3 is 11.1 Å². The second kappa shape index (κ2) is 10.8. The van der Waals surface area contributed by atoms with E-state index in [1.165, 1.54) is 18.7 Å². The first-order chi connectivity index (χ1) is 11.0. The van der Waals surface area contributed by atoms with Crippen LogP contribution in [0.1, 0.15) is 31.7 Å². The fraction of sp³-hybridized carbons (Fsp3) is 0.471. The van der Waals surface area contributed by atoms with Gasteiger partial charge in [0, 0.05) is 25.6 Å². The topological polar surface area (TPSA) is 89.3 Å². The summed E-state index contributed by atoms with van der Waals surface area (Å²) in [4.78, 5) is 34.2. The van der Waals surface area contributed by atoms with Crippen LogP contribution in [-0.2, 0) is 20.8 Å². The SMILES string of the molecule is CC(=O)SCC(Cc1ccccc1)C(=O)NCCCCC(N)=O. The van der Waals surface area contributed by atoms with Gasteiger partial charge in [0.2, 0.25) is 11.8 Å². The molecule has 1 rings (SSSR count). The summed E-state index contributed by atoms with van der Waals surface area (Å²) in [5.74, 6) is -0.155. The summed E-state index contributed by atoms with van der Waals surface area (Å²) >= 11 is 1.17. The normalized spacial score (nSPS) is 11.7. The zero-order valence-corrected chi connectivity index (χ0v) is 14.2. The minimum Gasteiger partial charge on any atom is -0.370 e. The van der Waals surface area contributed by atoms with E-state index in [2.05, 4.69) is 5.32 Å². The van der Waals surface area contributed by atoms with Crippen molar-refractivity contribution in [3.05, 3.63) is 35.9 Å². The molecular formula is C17H24N2O3S. The predicted octanol–water partition coefficient (Wildman–Crippen LogP) is 1.90. The summed E-state index contributed by atoms with van der Waals surface area (Å²) in [6, 6.07) is 9.76. The maximum atomic E-state index is 12.3. The number of carbonyl (C=O) groups excluding carboxylic acids is 3. The van der Waals surface area contributed by atoms with Crippen molar-refractivity contribution in [2.24, 2.45) is 11.7 Å². The lowest BCUT2D eigenvalue weighted by Crippen LogP contribution is -2.34. The van der Waals surface area contributed by atoms with E-state index in [-0.39, 0.29) is 22.8 Å². The maximum Gasteiger partial charge on any atom is 0.224 e. The van der Waals surface area contributed by atoms with Gasteiger partial charge >= 0.3 is 0 Å². The molecule has 0 aliphatic heterocycles. The summed E-state index contributed by atoms with van der Waals surface area (Å²) in [5.41, 5.74) is 6.15. The van der Waals surface area contributed by atoms with Gasteiger partial charge in [-0.25, -0.2) is 0 Å². The molecule has 5 nitrogen and oxygen atoms in total. The molecule has 0 saturated heterocycles. The van der Waals surface area contributed by atoms with Crippen LogP contribution in [0.5, 0.6) is 0 Å². The Labute approximate surface area is 141 Å². The lowest BCUT2D eigenvalue weighted by molar-refractivity contribution is -0.124. The van der Waals surface area contributed by atoms with Gasteiger partial charge in [-0.2, -0.15) is 0 Å². The number of nitrogens with two attached hydrogens (primary N) is 1. The van der Waals surface area contributed by atoms with Gasteiger partial charge in [0.05, 0.1) is 5.92 Å². The van der Waals surface area contributed by atoms with Crippen LogP contribution in [0, 0.1) is 5.92 Å².